The van der Waals surface area contributed by atoms with Crippen molar-refractivity contribution in [2.24, 2.45) is 0 Å². The lowest BCUT2D eigenvalue weighted by molar-refractivity contribution is 0.0374. The van der Waals surface area contributed by atoms with Gasteiger partial charge in [0.05, 0.1) is 20.3 Å². The van der Waals surface area contributed by atoms with Gasteiger partial charge in [0.2, 0.25) is 0 Å². The molecule has 3 aromatic rings. The average molecular weight is 469 g/mol. The van der Waals surface area contributed by atoms with Crippen molar-refractivity contribution in [3.05, 3.63) is 65.5 Å². The van der Waals surface area contributed by atoms with Gasteiger partial charge in [-0.05, 0) is 36.7 Å². The Kier molecular flexibility index (Phi) is 8.24. The molecule has 1 saturated heterocycles. The van der Waals surface area contributed by atoms with Crippen LogP contribution in [0.3, 0.4) is 0 Å². The number of aromatic nitrogens is 2. The number of carbonyl (C=O) groups excluding carboxylic acids is 1. The van der Waals surface area contributed by atoms with Crippen LogP contribution in [0.15, 0.2) is 48.5 Å². The van der Waals surface area contributed by atoms with Gasteiger partial charge in [-0.15, -0.1) is 0 Å². The Balaban J connectivity index is 1.30. The van der Waals surface area contributed by atoms with E-state index in [1.54, 1.807) is 25.3 Å². The van der Waals surface area contributed by atoms with E-state index in [-0.39, 0.29) is 5.91 Å². The maximum Gasteiger partial charge on any atom is 0.298 e. The molecule has 2 heterocycles. The van der Waals surface area contributed by atoms with E-state index < -0.39 is 0 Å². The number of ether oxygens (including phenoxy) is 3. The molecule has 0 bridgehead atoms. The maximum atomic E-state index is 12.5. The molecule has 0 spiro atoms. The zero-order valence-electron chi connectivity index (χ0n) is 18.7. The van der Waals surface area contributed by atoms with E-state index in [1.807, 2.05) is 30.3 Å². The first kappa shape index (κ1) is 23.2. The molecule has 1 N–H and O–H groups in total. The number of nitrogens with zero attached hydrogens (tertiary/aromatic N) is 3. The summed E-state index contributed by atoms with van der Waals surface area (Å²) in [6.07, 6.45) is 1.54. The van der Waals surface area contributed by atoms with Gasteiger partial charge in [-0.2, -0.15) is 9.36 Å². The predicted octanol–water partition coefficient (Wildman–Crippen LogP) is 3.38. The Morgan fingerprint density at radius 3 is 2.76 bits per heavy atom. The number of benzene rings is 2. The Bertz CT molecular complexity index is 1040. The molecule has 1 amide bonds. The number of methoxy groups -OCH3 is 1. The summed E-state index contributed by atoms with van der Waals surface area (Å²) in [4.78, 5) is 19.4. The van der Waals surface area contributed by atoms with Crippen LogP contribution in [0.1, 0.15) is 28.2 Å². The molecule has 1 fully saturated rings. The summed E-state index contributed by atoms with van der Waals surface area (Å²) in [5.74, 6) is 1.52. The SMILES string of the molecule is COc1cc(C(=O)NCCCN2CCOCC2)ccc1Oc1nc(Cc2ccccc2)ns1. The van der Waals surface area contributed by atoms with Gasteiger partial charge in [0.15, 0.2) is 17.3 Å². The largest absolute Gasteiger partial charge is 0.493 e. The fourth-order valence-electron chi connectivity index (χ4n) is 3.55. The second kappa shape index (κ2) is 11.7. The third kappa shape index (κ3) is 6.74. The molecule has 1 aliphatic heterocycles. The van der Waals surface area contributed by atoms with Crippen LogP contribution in [0.25, 0.3) is 0 Å². The van der Waals surface area contributed by atoms with Gasteiger partial charge < -0.3 is 19.5 Å². The molecular weight excluding hydrogens is 440 g/mol. The molecular formula is C24H28N4O4S. The minimum atomic E-state index is -0.136. The summed E-state index contributed by atoms with van der Waals surface area (Å²) in [7, 11) is 1.55. The molecule has 1 aromatic heterocycles. The Hall–Kier alpha value is -3.01. The number of morpholine rings is 1. The predicted molar refractivity (Wildman–Crippen MR) is 126 cm³/mol. The molecule has 9 heteroatoms. The van der Waals surface area contributed by atoms with Crippen LogP contribution in [0.2, 0.25) is 0 Å². The minimum Gasteiger partial charge on any atom is -0.493 e. The minimum absolute atomic E-state index is 0.136. The molecule has 2 aromatic carbocycles. The van der Waals surface area contributed by atoms with Crippen molar-refractivity contribution in [1.82, 2.24) is 19.6 Å². The summed E-state index contributed by atoms with van der Waals surface area (Å²) in [5.41, 5.74) is 1.66. The Morgan fingerprint density at radius 2 is 1.97 bits per heavy atom. The van der Waals surface area contributed by atoms with E-state index in [9.17, 15) is 4.79 Å². The van der Waals surface area contributed by atoms with Crippen molar-refractivity contribution in [3.63, 3.8) is 0 Å². The summed E-state index contributed by atoms with van der Waals surface area (Å²) in [5, 5.41) is 3.40. The van der Waals surface area contributed by atoms with Crippen molar-refractivity contribution in [2.75, 3.05) is 46.5 Å². The quantitative estimate of drug-likeness (QED) is 0.457. The lowest BCUT2D eigenvalue weighted by Gasteiger charge is -2.26. The lowest BCUT2D eigenvalue weighted by Crippen LogP contribution is -2.38. The van der Waals surface area contributed by atoms with Crippen LogP contribution < -0.4 is 14.8 Å². The topological polar surface area (TPSA) is 85.8 Å². The number of rotatable bonds is 10. The lowest BCUT2D eigenvalue weighted by atomic mass is 10.1. The highest BCUT2D eigenvalue weighted by Crippen LogP contribution is 2.33. The summed E-state index contributed by atoms with van der Waals surface area (Å²) >= 11 is 1.19. The molecule has 33 heavy (non-hydrogen) atoms. The monoisotopic (exact) mass is 468 g/mol. The van der Waals surface area contributed by atoms with Gasteiger partial charge in [-0.3, -0.25) is 9.69 Å². The molecule has 0 atom stereocenters. The van der Waals surface area contributed by atoms with Crippen molar-refractivity contribution >= 4 is 17.4 Å². The highest BCUT2D eigenvalue weighted by atomic mass is 32.1. The summed E-state index contributed by atoms with van der Waals surface area (Å²) < 4.78 is 21.1. The third-order valence-corrected chi connectivity index (χ3v) is 5.95. The Morgan fingerprint density at radius 1 is 1.15 bits per heavy atom. The van der Waals surface area contributed by atoms with Crippen LogP contribution >= 0.6 is 11.5 Å². The molecule has 174 valence electrons. The first-order chi connectivity index (χ1) is 16.2. The molecule has 8 nitrogen and oxygen atoms in total. The van der Waals surface area contributed by atoms with E-state index in [0.29, 0.717) is 41.0 Å². The molecule has 0 radical (unpaired) electrons. The van der Waals surface area contributed by atoms with E-state index in [2.05, 4.69) is 19.6 Å². The molecule has 1 aliphatic rings. The zero-order chi connectivity index (χ0) is 22.9. The number of hydrogen-bond donors (Lipinski definition) is 1. The fourth-order valence-corrected chi connectivity index (χ4v) is 4.11. The van der Waals surface area contributed by atoms with Crippen LogP contribution in [-0.4, -0.2) is 66.7 Å². The van der Waals surface area contributed by atoms with Crippen molar-refractivity contribution in [1.29, 1.82) is 0 Å². The van der Waals surface area contributed by atoms with Gasteiger partial charge in [-0.25, -0.2) is 0 Å². The van der Waals surface area contributed by atoms with E-state index in [1.165, 1.54) is 11.5 Å². The molecule has 0 saturated carbocycles. The highest BCUT2D eigenvalue weighted by molar-refractivity contribution is 7.07. The van der Waals surface area contributed by atoms with Crippen molar-refractivity contribution in [3.8, 4) is 16.7 Å². The second-order valence-corrected chi connectivity index (χ2v) is 8.38. The first-order valence-electron chi connectivity index (χ1n) is 11.0. The smallest absolute Gasteiger partial charge is 0.298 e. The Labute approximate surface area is 197 Å². The van der Waals surface area contributed by atoms with Crippen molar-refractivity contribution in [2.45, 2.75) is 12.8 Å². The van der Waals surface area contributed by atoms with E-state index in [4.69, 9.17) is 14.2 Å². The maximum absolute atomic E-state index is 12.5. The van der Waals surface area contributed by atoms with Crippen LogP contribution in [-0.2, 0) is 11.2 Å². The number of amides is 1. The van der Waals surface area contributed by atoms with Gasteiger partial charge in [0.1, 0.15) is 0 Å². The molecule has 0 aliphatic carbocycles. The number of hydrogen-bond acceptors (Lipinski definition) is 8. The van der Waals surface area contributed by atoms with E-state index >= 15 is 0 Å². The zero-order valence-corrected chi connectivity index (χ0v) is 19.5. The normalized spacial score (nSPS) is 14.1. The average Bonchev–Trinajstić information content (AvgIpc) is 3.29. The van der Waals surface area contributed by atoms with Crippen LogP contribution in [0.5, 0.6) is 16.7 Å². The van der Waals surface area contributed by atoms with Crippen LogP contribution in [0.4, 0.5) is 0 Å². The number of carbonyl (C=O) groups is 1. The second-order valence-electron chi connectivity index (χ2n) is 7.67. The summed E-state index contributed by atoms with van der Waals surface area (Å²) in [6, 6.07) is 15.2. The fraction of sp³-hybridized carbons (Fsp3) is 0.375. The number of nitrogens with one attached hydrogen (secondary N) is 1. The van der Waals surface area contributed by atoms with E-state index in [0.717, 1.165) is 44.8 Å². The van der Waals surface area contributed by atoms with Crippen LogP contribution in [0, 0.1) is 0 Å². The molecule has 4 rings (SSSR count). The summed E-state index contributed by atoms with van der Waals surface area (Å²) in [6.45, 7) is 5.04. The van der Waals surface area contributed by atoms with Gasteiger partial charge in [-0.1, -0.05) is 30.3 Å². The highest BCUT2D eigenvalue weighted by Gasteiger charge is 2.15. The standard InChI is InChI=1S/C24H28N4O4S/c1-30-21-17-19(23(29)25-10-5-11-28-12-14-31-15-13-28)8-9-20(21)32-24-26-22(27-33-24)16-18-6-3-2-4-7-18/h2-4,6-9,17H,5,10-16H2,1H3,(H,25,29). The van der Waals surface area contributed by atoms with Gasteiger partial charge in [0, 0.05) is 43.2 Å². The third-order valence-electron chi connectivity index (χ3n) is 5.32. The molecule has 0 unspecified atom stereocenters. The van der Waals surface area contributed by atoms with Gasteiger partial charge >= 0.3 is 0 Å². The van der Waals surface area contributed by atoms with Gasteiger partial charge in [0.25, 0.3) is 11.1 Å². The first-order valence-corrected chi connectivity index (χ1v) is 11.8. The van der Waals surface area contributed by atoms with Crippen molar-refractivity contribution < 1.29 is 19.0 Å².